The van der Waals surface area contributed by atoms with Crippen molar-refractivity contribution in [3.63, 3.8) is 0 Å². The fourth-order valence-corrected chi connectivity index (χ4v) is 5.24. The molecule has 1 heterocycles. The second kappa shape index (κ2) is 7.55. The largest absolute Gasteiger partial charge is 0.298 e. The molecule has 29 heavy (non-hydrogen) atoms. The molecule has 1 N–H and O–H groups in total. The topological polar surface area (TPSA) is 79.4 Å². The number of thiazole rings is 1. The normalized spacial score (nSPS) is 12.0. The molecule has 6 nitrogen and oxygen atoms in total. The second-order valence-electron chi connectivity index (χ2n) is 6.55. The molecule has 3 aromatic carbocycles. The Morgan fingerprint density at radius 2 is 1.86 bits per heavy atom. The zero-order chi connectivity index (χ0) is 20.6. The van der Waals surface area contributed by atoms with E-state index in [1.807, 2.05) is 36.4 Å². The third kappa shape index (κ3) is 3.62. The Balaban J connectivity index is 1.66. The molecule has 0 fully saturated rings. The predicted octanol–water partition coefficient (Wildman–Crippen LogP) is 4.34. The molecule has 0 unspecified atom stereocenters. The summed E-state index contributed by atoms with van der Waals surface area (Å²) in [6.45, 7) is 2.17. The molecule has 0 aliphatic rings. The average molecular weight is 426 g/mol. The molecule has 0 aliphatic carbocycles. The van der Waals surface area contributed by atoms with Crippen molar-refractivity contribution in [3.05, 3.63) is 66.2 Å². The quantitative estimate of drug-likeness (QED) is 0.516. The van der Waals surface area contributed by atoms with Crippen LogP contribution in [-0.2, 0) is 10.0 Å². The van der Waals surface area contributed by atoms with Crippen LogP contribution in [-0.4, -0.2) is 37.2 Å². The Morgan fingerprint density at radius 3 is 2.66 bits per heavy atom. The number of carbonyl (C=O) groups excluding carboxylic acids is 1. The number of nitrogens with zero attached hydrogens (tertiary/aromatic N) is 2. The highest BCUT2D eigenvalue weighted by molar-refractivity contribution is 7.89. The van der Waals surface area contributed by atoms with Crippen LogP contribution in [0.15, 0.2) is 65.6 Å². The van der Waals surface area contributed by atoms with Gasteiger partial charge in [-0.2, -0.15) is 0 Å². The van der Waals surface area contributed by atoms with E-state index in [0.29, 0.717) is 27.5 Å². The number of rotatable bonds is 5. The smallest absolute Gasteiger partial charge is 0.258 e. The molecule has 4 rings (SSSR count). The highest BCUT2D eigenvalue weighted by atomic mass is 32.2. The number of hydrogen-bond donors (Lipinski definition) is 1. The number of anilines is 1. The molecule has 0 bridgehead atoms. The molecule has 4 aromatic rings. The van der Waals surface area contributed by atoms with Crippen LogP contribution in [0, 0.1) is 0 Å². The van der Waals surface area contributed by atoms with E-state index < -0.39 is 10.0 Å². The molecule has 0 saturated carbocycles. The van der Waals surface area contributed by atoms with Crippen molar-refractivity contribution in [2.75, 3.05) is 18.9 Å². The minimum atomic E-state index is -3.54. The van der Waals surface area contributed by atoms with Gasteiger partial charge in [-0.15, -0.1) is 0 Å². The van der Waals surface area contributed by atoms with Gasteiger partial charge in [-0.1, -0.05) is 54.7 Å². The molecular formula is C21H19N3O3S2. The van der Waals surface area contributed by atoms with Crippen LogP contribution in [0.4, 0.5) is 5.13 Å². The van der Waals surface area contributed by atoms with Gasteiger partial charge in [-0.3, -0.25) is 10.1 Å². The van der Waals surface area contributed by atoms with Gasteiger partial charge in [0.05, 0.1) is 15.1 Å². The van der Waals surface area contributed by atoms with E-state index in [0.717, 1.165) is 10.8 Å². The van der Waals surface area contributed by atoms with Crippen LogP contribution < -0.4 is 5.32 Å². The molecule has 1 amide bonds. The van der Waals surface area contributed by atoms with E-state index in [4.69, 9.17) is 0 Å². The Morgan fingerprint density at radius 1 is 1.10 bits per heavy atom. The zero-order valence-electron chi connectivity index (χ0n) is 15.9. The first-order chi connectivity index (χ1) is 13.9. The maximum absolute atomic E-state index is 12.8. The molecule has 0 spiro atoms. The molecule has 0 saturated heterocycles. The van der Waals surface area contributed by atoms with Crippen molar-refractivity contribution < 1.29 is 13.2 Å². The molecule has 0 aliphatic heterocycles. The summed E-state index contributed by atoms with van der Waals surface area (Å²) in [6.07, 6.45) is 0. The maximum atomic E-state index is 12.8. The first kappa shape index (κ1) is 19.5. The lowest BCUT2D eigenvalue weighted by molar-refractivity contribution is 0.102. The average Bonchev–Trinajstić information content (AvgIpc) is 3.13. The van der Waals surface area contributed by atoms with Crippen molar-refractivity contribution in [1.82, 2.24) is 9.29 Å². The Bertz CT molecular complexity index is 1320. The minimum absolute atomic E-state index is 0.213. The number of sulfonamides is 1. The van der Waals surface area contributed by atoms with E-state index in [1.54, 1.807) is 38.2 Å². The number of benzene rings is 3. The summed E-state index contributed by atoms with van der Waals surface area (Å²) in [4.78, 5) is 17.4. The number of hydrogen-bond acceptors (Lipinski definition) is 5. The number of carbonyl (C=O) groups is 1. The van der Waals surface area contributed by atoms with E-state index >= 15 is 0 Å². The van der Waals surface area contributed by atoms with Gasteiger partial charge in [0.2, 0.25) is 10.0 Å². The SMILES string of the molecule is CCN(C)S(=O)(=O)c1ccc2nc(NC(=O)c3cccc4ccccc34)sc2c1. The number of nitrogens with one attached hydrogen (secondary N) is 1. The zero-order valence-corrected chi connectivity index (χ0v) is 17.5. The summed E-state index contributed by atoms with van der Waals surface area (Å²) in [5.74, 6) is -0.251. The lowest BCUT2D eigenvalue weighted by Gasteiger charge is -2.14. The fourth-order valence-electron chi connectivity index (χ4n) is 3.06. The summed E-state index contributed by atoms with van der Waals surface area (Å²) in [5.41, 5.74) is 1.21. The summed E-state index contributed by atoms with van der Waals surface area (Å²) in [5, 5.41) is 5.12. The number of amides is 1. The van der Waals surface area contributed by atoms with Crippen molar-refractivity contribution in [2.24, 2.45) is 0 Å². The highest BCUT2D eigenvalue weighted by Crippen LogP contribution is 2.30. The lowest BCUT2D eigenvalue weighted by Crippen LogP contribution is -2.26. The van der Waals surface area contributed by atoms with Crippen LogP contribution in [0.2, 0.25) is 0 Å². The molecule has 0 atom stereocenters. The first-order valence-electron chi connectivity index (χ1n) is 9.06. The number of fused-ring (bicyclic) bond motifs is 2. The second-order valence-corrected chi connectivity index (χ2v) is 9.62. The number of aromatic nitrogens is 1. The van der Waals surface area contributed by atoms with Gasteiger partial charge < -0.3 is 0 Å². The van der Waals surface area contributed by atoms with Crippen molar-refractivity contribution in [3.8, 4) is 0 Å². The maximum Gasteiger partial charge on any atom is 0.258 e. The summed E-state index contributed by atoms with van der Waals surface area (Å²) >= 11 is 1.25. The van der Waals surface area contributed by atoms with Crippen LogP contribution in [0.25, 0.3) is 21.0 Å². The van der Waals surface area contributed by atoms with Gasteiger partial charge in [0, 0.05) is 19.2 Å². The third-order valence-electron chi connectivity index (χ3n) is 4.77. The van der Waals surface area contributed by atoms with E-state index in [9.17, 15) is 13.2 Å². The molecule has 148 valence electrons. The molecule has 0 radical (unpaired) electrons. The first-order valence-corrected chi connectivity index (χ1v) is 11.3. The fraction of sp³-hybridized carbons (Fsp3) is 0.143. The summed E-state index contributed by atoms with van der Waals surface area (Å²) in [6, 6.07) is 18.1. The third-order valence-corrected chi connectivity index (χ3v) is 7.63. The standard InChI is InChI=1S/C21H19N3O3S2/c1-3-24(2)29(26,27)15-11-12-18-19(13-15)28-21(22-18)23-20(25)17-10-6-8-14-7-4-5-9-16(14)17/h4-13H,3H2,1-2H3,(H,22,23,25). The molecule has 8 heteroatoms. The van der Waals surface area contributed by atoms with Gasteiger partial charge in [0.25, 0.3) is 5.91 Å². The van der Waals surface area contributed by atoms with Gasteiger partial charge in [-0.25, -0.2) is 17.7 Å². The molecule has 1 aromatic heterocycles. The van der Waals surface area contributed by atoms with Gasteiger partial charge in [0.15, 0.2) is 5.13 Å². The van der Waals surface area contributed by atoms with E-state index in [2.05, 4.69) is 10.3 Å². The van der Waals surface area contributed by atoms with Crippen molar-refractivity contribution in [2.45, 2.75) is 11.8 Å². The van der Waals surface area contributed by atoms with E-state index in [-0.39, 0.29) is 10.8 Å². The summed E-state index contributed by atoms with van der Waals surface area (Å²) < 4.78 is 27.1. The van der Waals surface area contributed by atoms with Crippen LogP contribution >= 0.6 is 11.3 Å². The lowest BCUT2D eigenvalue weighted by atomic mass is 10.0. The van der Waals surface area contributed by atoms with Crippen molar-refractivity contribution >= 4 is 53.4 Å². The van der Waals surface area contributed by atoms with Gasteiger partial charge in [-0.05, 0) is 35.0 Å². The highest BCUT2D eigenvalue weighted by Gasteiger charge is 2.20. The Kier molecular flexibility index (Phi) is 5.08. The Hall–Kier alpha value is -2.81. The summed E-state index contributed by atoms with van der Waals surface area (Å²) in [7, 11) is -1.99. The van der Waals surface area contributed by atoms with E-state index in [1.165, 1.54) is 15.6 Å². The monoisotopic (exact) mass is 425 g/mol. The Labute approximate surface area is 172 Å². The van der Waals surface area contributed by atoms with Crippen LogP contribution in [0.5, 0.6) is 0 Å². The van der Waals surface area contributed by atoms with Crippen LogP contribution in [0.1, 0.15) is 17.3 Å². The minimum Gasteiger partial charge on any atom is -0.298 e. The van der Waals surface area contributed by atoms with Gasteiger partial charge >= 0.3 is 0 Å². The predicted molar refractivity (Wildman–Crippen MR) is 117 cm³/mol. The molecular weight excluding hydrogens is 406 g/mol. The van der Waals surface area contributed by atoms with Crippen molar-refractivity contribution in [1.29, 1.82) is 0 Å². The van der Waals surface area contributed by atoms with Crippen LogP contribution in [0.3, 0.4) is 0 Å². The van der Waals surface area contributed by atoms with Gasteiger partial charge in [0.1, 0.15) is 0 Å².